The zero-order chi connectivity index (χ0) is 19.8. The standard InChI is InChI=1S/C20H18N2O5S/c1-26-11-5-6-14(15(8-11)27-2)22-10-13(20(24)25)18-19(22)12(9-17(23)21-18)16-4-3-7-28-16/h3-8,10,12H,9H2,1-2H3,(H,21,23)(H,24,25)/t12-/m1/s1. The Labute approximate surface area is 165 Å². The number of rotatable bonds is 5. The first-order valence-electron chi connectivity index (χ1n) is 8.57. The van der Waals surface area contributed by atoms with Gasteiger partial charge in [-0.25, -0.2) is 4.79 Å². The number of hydrogen-bond acceptors (Lipinski definition) is 5. The van der Waals surface area contributed by atoms with Crippen LogP contribution in [-0.2, 0) is 4.79 Å². The maximum absolute atomic E-state index is 12.3. The summed E-state index contributed by atoms with van der Waals surface area (Å²) in [4.78, 5) is 25.2. The van der Waals surface area contributed by atoms with Gasteiger partial charge in [-0.05, 0) is 23.6 Å². The first-order chi connectivity index (χ1) is 13.5. The second kappa shape index (κ2) is 7.05. The third-order valence-electron chi connectivity index (χ3n) is 4.79. The van der Waals surface area contributed by atoms with Gasteiger partial charge in [-0.2, -0.15) is 0 Å². The van der Waals surface area contributed by atoms with Gasteiger partial charge in [0.25, 0.3) is 0 Å². The fourth-order valence-corrected chi connectivity index (χ4v) is 4.37. The number of carboxylic acid groups (broad SMARTS) is 1. The normalized spacial score (nSPS) is 15.6. The van der Waals surface area contributed by atoms with Gasteiger partial charge in [0.2, 0.25) is 5.91 Å². The number of aromatic nitrogens is 1. The molecule has 7 nitrogen and oxygen atoms in total. The van der Waals surface area contributed by atoms with Crippen LogP contribution < -0.4 is 14.8 Å². The van der Waals surface area contributed by atoms with E-state index in [1.54, 1.807) is 42.3 Å². The van der Waals surface area contributed by atoms with E-state index in [1.807, 2.05) is 23.6 Å². The first-order valence-corrected chi connectivity index (χ1v) is 9.45. The summed E-state index contributed by atoms with van der Waals surface area (Å²) in [5.41, 5.74) is 1.77. The Morgan fingerprint density at radius 1 is 1.29 bits per heavy atom. The molecule has 0 bridgehead atoms. The Kier molecular flexibility index (Phi) is 4.56. The van der Waals surface area contributed by atoms with Crippen molar-refractivity contribution in [2.24, 2.45) is 0 Å². The van der Waals surface area contributed by atoms with E-state index in [4.69, 9.17) is 9.47 Å². The molecule has 3 heterocycles. The molecule has 2 N–H and O–H groups in total. The number of nitrogens with one attached hydrogen (secondary N) is 1. The summed E-state index contributed by atoms with van der Waals surface area (Å²) < 4.78 is 12.6. The van der Waals surface area contributed by atoms with E-state index in [9.17, 15) is 14.7 Å². The van der Waals surface area contributed by atoms with E-state index in [0.29, 0.717) is 22.9 Å². The van der Waals surface area contributed by atoms with Gasteiger partial charge in [-0.1, -0.05) is 6.07 Å². The van der Waals surface area contributed by atoms with Crippen molar-refractivity contribution in [2.45, 2.75) is 12.3 Å². The van der Waals surface area contributed by atoms with Gasteiger partial charge in [0.05, 0.1) is 31.3 Å². The van der Waals surface area contributed by atoms with Crippen molar-refractivity contribution in [3.05, 3.63) is 58.0 Å². The first kappa shape index (κ1) is 18.1. The minimum atomic E-state index is -1.10. The minimum absolute atomic E-state index is 0.0440. The summed E-state index contributed by atoms with van der Waals surface area (Å²) >= 11 is 1.54. The van der Waals surface area contributed by atoms with Gasteiger partial charge < -0.3 is 24.5 Å². The quantitative estimate of drug-likeness (QED) is 0.684. The molecule has 8 heteroatoms. The molecule has 4 rings (SSSR count). The molecule has 0 saturated heterocycles. The molecule has 1 aromatic carbocycles. The number of anilines is 1. The van der Waals surface area contributed by atoms with Crippen molar-refractivity contribution >= 4 is 28.9 Å². The van der Waals surface area contributed by atoms with Crippen LogP contribution in [0.15, 0.2) is 41.9 Å². The van der Waals surface area contributed by atoms with Gasteiger partial charge in [0.15, 0.2) is 0 Å². The number of benzene rings is 1. The van der Waals surface area contributed by atoms with Crippen molar-refractivity contribution in [3.8, 4) is 17.2 Å². The Balaban J connectivity index is 1.98. The number of aromatic carboxylic acids is 1. The molecule has 0 fully saturated rings. The van der Waals surface area contributed by atoms with E-state index in [0.717, 1.165) is 10.6 Å². The third-order valence-corrected chi connectivity index (χ3v) is 5.78. The number of carbonyl (C=O) groups is 2. The molecule has 28 heavy (non-hydrogen) atoms. The molecule has 3 aromatic rings. The summed E-state index contributed by atoms with van der Waals surface area (Å²) in [6.45, 7) is 0. The van der Waals surface area contributed by atoms with Crippen LogP contribution >= 0.6 is 11.3 Å². The maximum Gasteiger partial charge on any atom is 0.339 e. The topological polar surface area (TPSA) is 89.8 Å². The zero-order valence-corrected chi connectivity index (χ0v) is 16.1. The fourth-order valence-electron chi connectivity index (χ4n) is 3.54. The lowest BCUT2D eigenvalue weighted by atomic mass is 9.93. The summed E-state index contributed by atoms with van der Waals surface area (Å²) in [6.07, 6.45) is 1.78. The van der Waals surface area contributed by atoms with Crippen LogP contribution in [0.1, 0.15) is 33.3 Å². The largest absolute Gasteiger partial charge is 0.497 e. The Morgan fingerprint density at radius 3 is 2.75 bits per heavy atom. The molecule has 1 aliphatic heterocycles. The molecule has 0 spiro atoms. The highest BCUT2D eigenvalue weighted by Crippen LogP contribution is 2.44. The average Bonchev–Trinajstić information content (AvgIpc) is 3.35. The van der Waals surface area contributed by atoms with Gasteiger partial charge in [-0.3, -0.25) is 4.79 Å². The second-order valence-electron chi connectivity index (χ2n) is 6.34. The van der Waals surface area contributed by atoms with Crippen molar-refractivity contribution in [1.29, 1.82) is 0 Å². The van der Waals surface area contributed by atoms with E-state index in [-0.39, 0.29) is 23.8 Å². The lowest BCUT2D eigenvalue weighted by molar-refractivity contribution is -0.116. The molecule has 0 unspecified atom stereocenters. The highest BCUT2D eigenvalue weighted by atomic mass is 32.1. The lowest BCUT2D eigenvalue weighted by Crippen LogP contribution is -2.25. The molecule has 1 atom stereocenters. The second-order valence-corrected chi connectivity index (χ2v) is 7.32. The van der Waals surface area contributed by atoms with Crippen molar-refractivity contribution in [1.82, 2.24) is 4.57 Å². The van der Waals surface area contributed by atoms with Crippen molar-refractivity contribution in [3.63, 3.8) is 0 Å². The Morgan fingerprint density at radius 2 is 2.11 bits per heavy atom. The molecule has 1 aliphatic rings. The van der Waals surface area contributed by atoms with Crippen molar-refractivity contribution in [2.75, 3.05) is 19.5 Å². The number of carbonyl (C=O) groups excluding carboxylic acids is 1. The zero-order valence-electron chi connectivity index (χ0n) is 15.3. The maximum atomic E-state index is 12.3. The molecule has 2 aromatic heterocycles. The van der Waals surface area contributed by atoms with Crippen LogP contribution in [0.2, 0.25) is 0 Å². The van der Waals surface area contributed by atoms with E-state index < -0.39 is 5.97 Å². The summed E-state index contributed by atoms with van der Waals surface area (Å²) in [5, 5.41) is 14.4. The van der Waals surface area contributed by atoms with E-state index in [1.165, 1.54) is 6.20 Å². The van der Waals surface area contributed by atoms with Crippen LogP contribution in [0.4, 0.5) is 5.69 Å². The van der Waals surface area contributed by atoms with E-state index in [2.05, 4.69) is 5.32 Å². The van der Waals surface area contributed by atoms with Crippen LogP contribution in [0.5, 0.6) is 11.5 Å². The summed E-state index contributed by atoms with van der Waals surface area (Å²) in [5.74, 6) is -0.384. The van der Waals surface area contributed by atoms with Crippen molar-refractivity contribution < 1.29 is 24.2 Å². The highest BCUT2D eigenvalue weighted by Gasteiger charge is 2.35. The smallest absolute Gasteiger partial charge is 0.339 e. The lowest BCUT2D eigenvalue weighted by Gasteiger charge is -2.25. The summed E-state index contributed by atoms with van der Waals surface area (Å²) in [7, 11) is 3.11. The number of fused-ring (bicyclic) bond motifs is 1. The molecule has 0 saturated carbocycles. The number of amides is 1. The number of carboxylic acids is 1. The SMILES string of the molecule is COc1ccc(-n2cc(C(=O)O)c3c2[C@@H](c2cccs2)CC(=O)N3)c(OC)c1. The van der Waals surface area contributed by atoms with E-state index >= 15 is 0 Å². The fraction of sp³-hybridized carbons (Fsp3) is 0.200. The minimum Gasteiger partial charge on any atom is -0.497 e. The Hall–Kier alpha value is -3.26. The Bertz CT molecular complexity index is 1050. The third kappa shape index (κ3) is 2.91. The summed E-state index contributed by atoms with van der Waals surface area (Å²) in [6, 6.07) is 9.22. The molecular formula is C20H18N2O5S. The number of methoxy groups -OCH3 is 2. The molecule has 144 valence electrons. The van der Waals surface area contributed by atoms with Crippen LogP contribution in [0.3, 0.4) is 0 Å². The average molecular weight is 398 g/mol. The highest BCUT2D eigenvalue weighted by molar-refractivity contribution is 7.10. The van der Waals surface area contributed by atoms with Gasteiger partial charge in [0, 0.05) is 29.5 Å². The number of hydrogen-bond donors (Lipinski definition) is 2. The van der Waals surface area contributed by atoms with Crippen LogP contribution in [0.25, 0.3) is 5.69 Å². The number of ether oxygens (including phenoxy) is 2. The monoisotopic (exact) mass is 398 g/mol. The van der Waals surface area contributed by atoms with Gasteiger partial charge >= 0.3 is 5.97 Å². The van der Waals surface area contributed by atoms with Gasteiger partial charge in [-0.15, -0.1) is 11.3 Å². The molecule has 0 radical (unpaired) electrons. The predicted octanol–water partition coefficient (Wildman–Crippen LogP) is 3.73. The van der Waals surface area contributed by atoms with Crippen LogP contribution in [0, 0.1) is 0 Å². The molecule has 1 amide bonds. The molecular weight excluding hydrogens is 380 g/mol. The number of thiophene rings is 1. The molecule has 0 aliphatic carbocycles. The predicted molar refractivity (Wildman–Crippen MR) is 105 cm³/mol. The van der Waals surface area contributed by atoms with Crippen LogP contribution in [-0.4, -0.2) is 35.8 Å². The van der Waals surface area contributed by atoms with Gasteiger partial charge in [0.1, 0.15) is 17.1 Å². The number of nitrogens with zero attached hydrogens (tertiary/aromatic N) is 1.